The number of rotatable bonds is 29. The molecule has 3 heterocycles. The average Bonchev–Trinajstić information content (AvgIpc) is 4.17. The number of aliphatic imine (C=N–C) groups is 1. The summed E-state index contributed by atoms with van der Waals surface area (Å²) in [7, 11) is 1.83. The van der Waals surface area contributed by atoms with E-state index in [-0.39, 0.29) is 56.2 Å². The summed E-state index contributed by atoms with van der Waals surface area (Å²) < 4.78 is 0. The number of fused-ring (bicyclic) bond motifs is 1. The molecule has 428 valence electrons. The highest BCUT2D eigenvalue weighted by Gasteiger charge is 2.41. The molecule has 0 radical (unpaired) electrons. The Kier molecular flexibility index (Phi) is 24.6. The largest absolute Gasteiger partial charge is 0.391 e. The minimum absolute atomic E-state index is 0.100. The van der Waals surface area contributed by atoms with Gasteiger partial charge in [-0.1, -0.05) is 72.6 Å². The van der Waals surface area contributed by atoms with E-state index in [1.54, 1.807) is 47.7 Å². The first kappa shape index (κ1) is 62.7. The molecule has 2 fully saturated rings. The Bertz CT molecular complexity index is 2390. The topological polar surface area (TPSA) is 357 Å². The number of hydrogen-bond donors (Lipinski definition) is 12. The summed E-state index contributed by atoms with van der Waals surface area (Å²) in [4.78, 5) is 136. The van der Waals surface area contributed by atoms with Crippen LogP contribution >= 0.6 is 0 Å². The summed E-state index contributed by atoms with van der Waals surface area (Å²) in [6.07, 6.45) is 3.76. The molecule has 0 unspecified atom stereocenters. The molecule has 1 aromatic carbocycles. The predicted molar refractivity (Wildman–Crippen MR) is 291 cm³/mol. The average molecular weight is 1080 g/mol. The van der Waals surface area contributed by atoms with Crippen molar-refractivity contribution in [2.24, 2.45) is 34.2 Å². The Morgan fingerprint density at radius 1 is 0.701 bits per heavy atom. The third kappa shape index (κ3) is 17.9. The van der Waals surface area contributed by atoms with Gasteiger partial charge in [0.15, 0.2) is 5.96 Å². The molecular weight excluding hydrogens is 993 g/mol. The van der Waals surface area contributed by atoms with Crippen LogP contribution in [0.1, 0.15) is 112 Å². The van der Waals surface area contributed by atoms with E-state index in [0.717, 1.165) is 23.9 Å². The monoisotopic (exact) mass is 1080 g/mol. The molecule has 0 bridgehead atoms. The number of aliphatic hydroxyl groups is 1. The van der Waals surface area contributed by atoms with Gasteiger partial charge >= 0.3 is 0 Å². The molecule has 2 aliphatic rings. The van der Waals surface area contributed by atoms with Crippen LogP contribution < -0.4 is 54.0 Å². The van der Waals surface area contributed by atoms with Crippen LogP contribution in [0, 0.1) is 17.8 Å². The molecule has 24 heteroatoms. The van der Waals surface area contributed by atoms with Crippen LogP contribution in [0.15, 0.2) is 35.5 Å². The second kappa shape index (κ2) is 30.2. The van der Waals surface area contributed by atoms with Gasteiger partial charge in [0.1, 0.15) is 42.3 Å². The van der Waals surface area contributed by atoms with Gasteiger partial charge in [-0.25, -0.2) is 0 Å². The van der Waals surface area contributed by atoms with Crippen molar-refractivity contribution in [3.63, 3.8) is 0 Å². The molecule has 14 N–H and O–H groups in total. The third-order valence-corrected chi connectivity index (χ3v) is 14.6. The van der Waals surface area contributed by atoms with Crippen molar-refractivity contribution in [3.8, 4) is 0 Å². The minimum atomic E-state index is -1.67. The normalized spacial score (nSPS) is 19.0. The fourth-order valence-corrected chi connectivity index (χ4v) is 9.64. The van der Waals surface area contributed by atoms with E-state index in [1.165, 1.54) is 11.8 Å². The summed E-state index contributed by atoms with van der Waals surface area (Å²) in [5, 5.41) is 33.7. The van der Waals surface area contributed by atoms with Crippen LogP contribution in [0.3, 0.4) is 0 Å². The van der Waals surface area contributed by atoms with E-state index < -0.39 is 108 Å². The van der Waals surface area contributed by atoms with E-state index >= 15 is 0 Å². The number of guanidine groups is 1. The molecule has 1 aromatic heterocycles. The van der Waals surface area contributed by atoms with E-state index in [0.29, 0.717) is 50.8 Å². The van der Waals surface area contributed by atoms with E-state index in [1.807, 2.05) is 43.1 Å². The zero-order chi connectivity index (χ0) is 57.1. The molecule has 2 saturated heterocycles. The van der Waals surface area contributed by atoms with Gasteiger partial charge in [-0.2, -0.15) is 0 Å². The zero-order valence-corrected chi connectivity index (χ0v) is 46.3. The molecule has 24 nitrogen and oxygen atoms in total. The summed E-state index contributed by atoms with van der Waals surface area (Å²) in [6.45, 7) is 14.8. The summed E-state index contributed by atoms with van der Waals surface area (Å²) in [5.74, 6) is -7.25. The molecule has 77 heavy (non-hydrogen) atoms. The molecule has 2 aliphatic heterocycles. The van der Waals surface area contributed by atoms with Gasteiger partial charge in [0.2, 0.25) is 53.2 Å². The molecule has 2 aromatic rings. The van der Waals surface area contributed by atoms with Gasteiger partial charge in [-0.15, -0.1) is 0 Å². The number of aromatic nitrogens is 1. The lowest BCUT2D eigenvalue weighted by atomic mass is 9.95. The Labute approximate surface area is 451 Å². The van der Waals surface area contributed by atoms with Crippen molar-refractivity contribution in [1.29, 1.82) is 0 Å². The van der Waals surface area contributed by atoms with Crippen LogP contribution in [-0.2, 0) is 49.6 Å². The lowest BCUT2D eigenvalue weighted by Gasteiger charge is -2.32. The number of likely N-dealkylation sites (N-methyl/N-ethyl adjacent to an activating group) is 2. The van der Waals surface area contributed by atoms with Gasteiger partial charge < -0.3 is 69.0 Å². The first-order valence-corrected chi connectivity index (χ1v) is 27.2. The van der Waals surface area contributed by atoms with Gasteiger partial charge in [-0.3, -0.25) is 53.0 Å². The maximum Gasteiger partial charge on any atom is 0.245 e. The number of aromatic amines is 1. The second-order valence-corrected chi connectivity index (χ2v) is 20.8. The zero-order valence-electron chi connectivity index (χ0n) is 46.3. The number of H-pyrrole nitrogens is 1. The van der Waals surface area contributed by atoms with Gasteiger partial charge in [0.05, 0.1) is 18.7 Å². The quantitative estimate of drug-likeness (QED) is 0.0269. The summed E-state index contributed by atoms with van der Waals surface area (Å²) in [5.41, 5.74) is 12.5. The molecule has 9 amide bonds. The number of likely N-dealkylation sites (tertiary alicyclic amines) is 2. The first-order valence-electron chi connectivity index (χ1n) is 27.2. The van der Waals surface area contributed by atoms with Crippen LogP contribution in [0.2, 0.25) is 0 Å². The summed E-state index contributed by atoms with van der Waals surface area (Å²) >= 11 is 0. The van der Waals surface area contributed by atoms with Crippen molar-refractivity contribution in [1.82, 2.24) is 57.3 Å². The highest BCUT2D eigenvalue weighted by Crippen LogP contribution is 2.23. The third-order valence-electron chi connectivity index (χ3n) is 14.6. The van der Waals surface area contributed by atoms with Gasteiger partial charge in [0, 0.05) is 43.2 Å². The van der Waals surface area contributed by atoms with Crippen LogP contribution in [0.4, 0.5) is 0 Å². The van der Waals surface area contributed by atoms with Crippen molar-refractivity contribution in [3.05, 3.63) is 36.0 Å². The van der Waals surface area contributed by atoms with Crippen LogP contribution in [0.5, 0.6) is 0 Å². The fourth-order valence-electron chi connectivity index (χ4n) is 9.64. The minimum Gasteiger partial charge on any atom is -0.391 e. The lowest BCUT2D eigenvalue weighted by molar-refractivity contribution is -0.142. The lowest BCUT2D eigenvalue weighted by Crippen LogP contribution is -2.63. The van der Waals surface area contributed by atoms with Crippen LogP contribution in [-0.4, -0.2) is 173 Å². The van der Waals surface area contributed by atoms with Crippen molar-refractivity contribution >= 4 is 70.0 Å². The van der Waals surface area contributed by atoms with Gasteiger partial charge in [-0.05, 0) is 95.3 Å². The molecular formula is C53H86N14O10. The molecule has 0 spiro atoms. The summed E-state index contributed by atoms with van der Waals surface area (Å²) in [6, 6.07) is -1.61. The molecule has 4 rings (SSSR count). The number of nitrogens with two attached hydrogens (primary N) is 2. The second-order valence-electron chi connectivity index (χ2n) is 20.8. The smallest absolute Gasteiger partial charge is 0.245 e. The highest BCUT2D eigenvalue weighted by molar-refractivity contribution is 5.99. The highest BCUT2D eigenvalue weighted by atomic mass is 16.3. The fraction of sp³-hybridized carbons (Fsp3) is 0.660. The van der Waals surface area contributed by atoms with E-state index in [4.69, 9.17) is 11.5 Å². The Hall–Kier alpha value is -6.82. The van der Waals surface area contributed by atoms with Crippen molar-refractivity contribution < 1.29 is 48.3 Å². The van der Waals surface area contributed by atoms with Crippen molar-refractivity contribution in [2.45, 2.75) is 168 Å². The maximum absolute atomic E-state index is 14.8. The van der Waals surface area contributed by atoms with Gasteiger partial charge in [0.25, 0.3) is 0 Å². The number of benzene rings is 1. The number of amides is 9. The number of carbonyl (C=O) groups is 9. The van der Waals surface area contributed by atoms with E-state index in [9.17, 15) is 48.3 Å². The number of para-hydroxylation sites is 1. The van der Waals surface area contributed by atoms with Crippen LogP contribution in [0.25, 0.3) is 10.9 Å². The Balaban J connectivity index is 1.58. The van der Waals surface area contributed by atoms with Crippen molar-refractivity contribution in [2.75, 3.05) is 39.8 Å². The Morgan fingerprint density at radius 3 is 1.86 bits per heavy atom. The molecule has 0 saturated carbocycles. The maximum atomic E-state index is 14.8. The number of carbonyl (C=O) groups excluding carboxylic acids is 9. The number of hydrogen-bond acceptors (Lipinski definition) is 12. The predicted octanol–water partition coefficient (Wildman–Crippen LogP) is -0.861. The molecule has 0 aliphatic carbocycles. The van der Waals surface area contributed by atoms with E-state index in [2.05, 4.69) is 52.5 Å². The number of aliphatic hydroxyl groups excluding tert-OH is 1. The molecule has 11 atom stereocenters. The standard InChI is InChI=1S/C53H86N14O10/c1-10-30(6)42(49(74)60-36(20-15-23-57-53(54)55)52(77)67-25-17-22-39(67)47(72)56-12-3)63-45(70)37(26-33-27-58-35-19-14-13-18-34(33)35)61-51(76)44(32(8)68)65-50(75)43(31(7)11-2)64-48(73)41(29(4)5)62-40(69)28-59-46(71)38-21-16-24-66(38)9/h13-14,18-19,27,29-32,36-39,41-44,58,68H,10-12,15-17,20-26,28H2,1-9H3,(H,56,72)(H,59,71)(H,60,74)(H,61,76)(H,62,69)(H,63,70)(H,64,73)(H,65,75)(H4,54,55,57)/t30-,31+,32+,36-,37-,38-,39-,41-,42-,43+,44-/m0/s1. The Morgan fingerprint density at radius 2 is 1.26 bits per heavy atom. The SMILES string of the molecule is CCNC(=O)[C@@H]1CCCN1C(=O)[C@H](CCCN=C(N)N)NC(=O)[C@@H](NC(=O)[C@H](Cc1c[nH]c2ccccc12)NC(=O)[C@@H](NC(=O)[C@H](NC(=O)[C@@H](NC(=O)CNC(=O)[C@@H]1CCCN1C)C(C)C)[C@H](C)CC)[C@@H](C)O)[C@@H](C)CC. The first-order chi connectivity index (χ1) is 36.5. The number of nitrogens with zero attached hydrogens (tertiary/aromatic N) is 3. The number of nitrogens with one attached hydrogen (secondary N) is 9.